The number of aliphatic hydroxyl groups excluding tert-OH is 1. The number of ether oxygens (including phenoxy) is 1. The number of hydrogen-bond donors (Lipinski definition) is 3. The summed E-state index contributed by atoms with van der Waals surface area (Å²) < 4.78 is 30.8. The number of fused-ring (bicyclic) bond motifs is 1. The van der Waals surface area contributed by atoms with Crippen molar-refractivity contribution in [2.75, 3.05) is 19.0 Å². The molecule has 188 valence electrons. The molecule has 1 unspecified atom stereocenters. The molecule has 0 aliphatic carbocycles. The molecular formula is C24H23N3O8S. The lowest BCUT2D eigenvalue weighted by Gasteiger charge is -2.49. The van der Waals surface area contributed by atoms with Gasteiger partial charge in [-0.15, -0.1) is 0 Å². The number of rotatable bonds is 8. The van der Waals surface area contributed by atoms with Gasteiger partial charge in [0.15, 0.2) is 27.6 Å². The highest BCUT2D eigenvalue weighted by Crippen LogP contribution is 2.37. The summed E-state index contributed by atoms with van der Waals surface area (Å²) in [6, 6.07) is 13.7. The van der Waals surface area contributed by atoms with Crippen LogP contribution >= 0.6 is 0 Å². The van der Waals surface area contributed by atoms with E-state index in [2.05, 4.69) is 5.32 Å². The molecule has 3 atom stereocenters. The molecule has 12 heteroatoms. The van der Waals surface area contributed by atoms with E-state index >= 15 is 0 Å². The third-order valence-electron chi connectivity index (χ3n) is 5.92. The molecule has 0 aromatic heterocycles. The SMILES string of the molecule is NC(C(=O)N[C@H]1C(=O)N2C(C(=O)OCC(=O)c3ccccc3)=C(CO)CS(=O)(=O)[C@@H]12)c1ccccc1. The molecule has 0 radical (unpaired) electrons. The summed E-state index contributed by atoms with van der Waals surface area (Å²) in [4.78, 5) is 51.4. The zero-order valence-corrected chi connectivity index (χ0v) is 19.7. The smallest absolute Gasteiger partial charge is 0.355 e. The van der Waals surface area contributed by atoms with Crippen LogP contribution in [0.1, 0.15) is 22.0 Å². The van der Waals surface area contributed by atoms with Crippen molar-refractivity contribution in [1.29, 1.82) is 0 Å². The Hall–Kier alpha value is -3.87. The van der Waals surface area contributed by atoms with Gasteiger partial charge in [-0.1, -0.05) is 60.7 Å². The van der Waals surface area contributed by atoms with Crippen LogP contribution in [0.2, 0.25) is 0 Å². The molecular weight excluding hydrogens is 490 g/mol. The summed E-state index contributed by atoms with van der Waals surface area (Å²) in [7, 11) is -4.09. The van der Waals surface area contributed by atoms with Crippen molar-refractivity contribution in [3.8, 4) is 0 Å². The van der Waals surface area contributed by atoms with E-state index in [0.717, 1.165) is 0 Å². The van der Waals surface area contributed by atoms with E-state index in [4.69, 9.17) is 10.5 Å². The number of amides is 2. The number of carbonyl (C=O) groups is 4. The second kappa shape index (κ2) is 10.0. The molecule has 2 aliphatic heterocycles. The summed E-state index contributed by atoms with van der Waals surface area (Å²) in [5.41, 5.74) is 5.99. The quantitative estimate of drug-likeness (QED) is 0.238. The van der Waals surface area contributed by atoms with Gasteiger partial charge in [0, 0.05) is 11.1 Å². The fourth-order valence-electron chi connectivity index (χ4n) is 4.09. The second-order valence-electron chi connectivity index (χ2n) is 8.26. The van der Waals surface area contributed by atoms with Gasteiger partial charge in [-0.25, -0.2) is 13.2 Å². The molecule has 2 amide bonds. The summed E-state index contributed by atoms with van der Waals surface area (Å²) in [6.45, 7) is -1.49. The molecule has 4 rings (SSSR count). The Bertz CT molecular complexity index is 1340. The van der Waals surface area contributed by atoms with Crippen LogP contribution in [0, 0.1) is 0 Å². The summed E-state index contributed by atoms with van der Waals surface area (Å²) >= 11 is 0. The number of hydrogen-bond acceptors (Lipinski definition) is 9. The van der Waals surface area contributed by atoms with E-state index in [9.17, 15) is 32.7 Å². The second-order valence-corrected chi connectivity index (χ2v) is 10.4. The van der Waals surface area contributed by atoms with E-state index in [1.54, 1.807) is 48.5 Å². The number of benzene rings is 2. The minimum atomic E-state index is -4.09. The van der Waals surface area contributed by atoms with Crippen molar-refractivity contribution < 1.29 is 37.4 Å². The van der Waals surface area contributed by atoms with Crippen LogP contribution in [0.25, 0.3) is 0 Å². The molecule has 2 aromatic carbocycles. The van der Waals surface area contributed by atoms with Crippen molar-refractivity contribution in [2.45, 2.75) is 17.5 Å². The number of esters is 1. The Morgan fingerprint density at radius 1 is 1.08 bits per heavy atom. The molecule has 11 nitrogen and oxygen atoms in total. The van der Waals surface area contributed by atoms with Crippen molar-refractivity contribution in [1.82, 2.24) is 10.2 Å². The van der Waals surface area contributed by atoms with E-state index in [1.165, 1.54) is 12.1 Å². The van der Waals surface area contributed by atoms with Gasteiger partial charge in [0.1, 0.15) is 17.8 Å². The number of nitrogens with one attached hydrogen (secondary N) is 1. The molecule has 2 heterocycles. The van der Waals surface area contributed by atoms with Crippen molar-refractivity contribution >= 4 is 33.4 Å². The molecule has 2 aliphatic rings. The molecule has 1 fully saturated rings. The predicted octanol–water partition coefficient (Wildman–Crippen LogP) is -0.560. The highest BCUT2D eigenvalue weighted by atomic mass is 32.2. The van der Waals surface area contributed by atoms with Crippen LogP contribution < -0.4 is 11.1 Å². The standard InChI is InChI=1S/C24H23N3O8S/c25-18(15-9-5-2-6-10-15)21(30)26-19-22(31)27-20(16(11-28)13-36(33,34)23(19)27)24(32)35-12-17(29)14-7-3-1-4-8-14/h1-10,18-19,23,28H,11-13,25H2,(H,26,30)/t18?,19-,23-/m0/s1. The molecule has 0 spiro atoms. The number of β-lactam (4-membered cyclic amide) rings is 1. The largest absolute Gasteiger partial charge is 0.453 e. The van der Waals surface area contributed by atoms with Crippen LogP contribution in [-0.4, -0.2) is 72.4 Å². The summed E-state index contributed by atoms with van der Waals surface area (Å²) in [5, 5.41) is 10.5. The number of carbonyl (C=O) groups excluding carboxylic acids is 4. The predicted molar refractivity (Wildman–Crippen MR) is 126 cm³/mol. The monoisotopic (exact) mass is 513 g/mol. The lowest BCUT2D eigenvalue weighted by molar-refractivity contribution is -0.153. The Labute approximate surface area is 206 Å². The fraction of sp³-hybridized carbons (Fsp3) is 0.250. The van der Waals surface area contributed by atoms with E-state index in [1.807, 2.05) is 0 Å². The summed E-state index contributed by atoms with van der Waals surface area (Å²) in [6.07, 6.45) is 0. The number of ketones is 1. The molecule has 1 saturated heterocycles. The number of Topliss-reactive ketones (excluding diaryl/α,β-unsaturated/α-hetero) is 1. The van der Waals surface area contributed by atoms with Crippen LogP contribution in [0.15, 0.2) is 71.9 Å². The van der Waals surface area contributed by atoms with Gasteiger partial charge in [0.25, 0.3) is 5.91 Å². The maximum absolute atomic E-state index is 12.9. The Morgan fingerprint density at radius 3 is 2.31 bits per heavy atom. The average Bonchev–Trinajstić information content (AvgIpc) is 2.89. The third-order valence-corrected chi connectivity index (χ3v) is 7.89. The first-order valence-corrected chi connectivity index (χ1v) is 12.6. The maximum atomic E-state index is 12.9. The van der Waals surface area contributed by atoms with Crippen molar-refractivity contribution in [3.63, 3.8) is 0 Å². The highest BCUT2D eigenvalue weighted by molar-refractivity contribution is 7.92. The Balaban J connectivity index is 1.52. The van der Waals surface area contributed by atoms with Gasteiger partial charge in [-0.2, -0.15) is 0 Å². The molecule has 0 saturated carbocycles. The first kappa shape index (κ1) is 25.2. The normalized spacial score (nSPS) is 21.2. The lowest BCUT2D eigenvalue weighted by atomic mass is 10.0. The molecule has 2 aromatic rings. The Kier molecular flexibility index (Phi) is 7.02. The minimum Gasteiger partial charge on any atom is -0.453 e. The van der Waals surface area contributed by atoms with E-state index in [-0.39, 0.29) is 5.57 Å². The first-order valence-electron chi connectivity index (χ1n) is 10.9. The number of nitrogens with zero attached hydrogens (tertiary/aromatic N) is 1. The van der Waals surface area contributed by atoms with Gasteiger partial charge >= 0.3 is 5.97 Å². The average molecular weight is 514 g/mol. The molecule has 4 N–H and O–H groups in total. The molecule has 36 heavy (non-hydrogen) atoms. The third kappa shape index (κ3) is 4.65. The Morgan fingerprint density at radius 2 is 1.69 bits per heavy atom. The van der Waals surface area contributed by atoms with Gasteiger partial charge < -0.3 is 20.9 Å². The number of sulfone groups is 1. The van der Waals surface area contributed by atoms with Crippen molar-refractivity contribution in [2.24, 2.45) is 5.73 Å². The van der Waals surface area contributed by atoms with Gasteiger partial charge in [-0.3, -0.25) is 19.3 Å². The van der Waals surface area contributed by atoms with Gasteiger partial charge in [0.2, 0.25) is 5.91 Å². The van der Waals surface area contributed by atoms with Gasteiger partial charge in [0.05, 0.1) is 12.4 Å². The highest BCUT2D eigenvalue weighted by Gasteiger charge is 2.60. The zero-order valence-electron chi connectivity index (χ0n) is 18.9. The van der Waals surface area contributed by atoms with E-state index < -0.39 is 75.5 Å². The lowest BCUT2D eigenvalue weighted by Crippen LogP contribution is -2.75. The van der Waals surface area contributed by atoms with Crippen molar-refractivity contribution in [3.05, 3.63) is 83.1 Å². The topological polar surface area (TPSA) is 173 Å². The number of aliphatic hydroxyl groups is 1. The maximum Gasteiger partial charge on any atom is 0.355 e. The van der Waals surface area contributed by atoms with E-state index in [0.29, 0.717) is 16.0 Å². The van der Waals surface area contributed by atoms with Crippen LogP contribution in [0.3, 0.4) is 0 Å². The summed E-state index contributed by atoms with van der Waals surface area (Å²) in [5.74, 6) is -4.04. The van der Waals surface area contributed by atoms with Gasteiger partial charge in [-0.05, 0) is 5.56 Å². The minimum absolute atomic E-state index is 0.248. The fourth-order valence-corrected chi connectivity index (χ4v) is 6.11. The van der Waals surface area contributed by atoms with Crippen LogP contribution in [0.4, 0.5) is 0 Å². The molecule has 0 bridgehead atoms. The zero-order chi connectivity index (χ0) is 26.0. The number of nitrogens with two attached hydrogens (primary N) is 1. The first-order chi connectivity index (χ1) is 17.2. The van der Waals surface area contributed by atoms with Crippen LogP contribution in [-0.2, 0) is 29.0 Å². The van der Waals surface area contributed by atoms with Crippen LogP contribution in [0.5, 0.6) is 0 Å².